The summed E-state index contributed by atoms with van der Waals surface area (Å²) in [7, 11) is 4.72. The van der Waals surface area contributed by atoms with Crippen LogP contribution < -0.4 is 24.3 Å². The second-order valence-electron chi connectivity index (χ2n) is 10.6. The molecule has 4 rings (SSSR count). The number of anilines is 2. The molecule has 0 bridgehead atoms. The van der Waals surface area contributed by atoms with E-state index in [1.54, 1.807) is 21.3 Å². The van der Waals surface area contributed by atoms with Crippen molar-refractivity contribution >= 4 is 22.4 Å². The molecule has 1 saturated heterocycles. The number of pyridine rings is 1. The van der Waals surface area contributed by atoms with E-state index in [9.17, 15) is 20.4 Å². The molecule has 5 N–H and O–H groups in total. The van der Waals surface area contributed by atoms with Gasteiger partial charge in [-0.05, 0) is 43.2 Å². The Morgan fingerprint density at radius 2 is 1.48 bits per heavy atom. The molecule has 5 atom stereocenters. The average Bonchev–Trinajstić information content (AvgIpc) is 3.04. The van der Waals surface area contributed by atoms with Gasteiger partial charge in [-0.15, -0.1) is 0 Å². The lowest BCUT2D eigenvalue weighted by Gasteiger charge is -2.39. The molecule has 1 aromatic heterocycles. The Kier molecular flexibility index (Phi) is 12.7. The van der Waals surface area contributed by atoms with Gasteiger partial charge in [0.25, 0.3) is 0 Å². The molecule has 12 nitrogen and oxygen atoms in total. The smallest absolute Gasteiger partial charge is 0.203 e. The number of rotatable bonds is 17. The predicted octanol–water partition coefficient (Wildman–Crippen LogP) is 3.54. The van der Waals surface area contributed by atoms with Crippen LogP contribution in [0.15, 0.2) is 42.5 Å². The van der Waals surface area contributed by atoms with Crippen molar-refractivity contribution in [2.45, 2.75) is 69.2 Å². The molecular formula is C32H44N2O10. The fourth-order valence-corrected chi connectivity index (χ4v) is 5.15. The number of hydrogen-bond donors (Lipinski definition) is 5. The summed E-state index contributed by atoms with van der Waals surface area (Å²) in [5.41, 5.74) is 1.59. The fourth-order valence-electron chi connectivity index (χ4n) is 5.15. The Morgan fingerprint density at radius 1 is 0.795 bits per heavy atom. The van der Waals surface area contributed by atoms with Crippen molar-refractivity contribution in [3.63, 3.8) is 0 Å². The lowest BCUT2D eigenvalue weighted by molar-refractivity contribution is -0.294. The largest absolute Gasteiger partial charge is 0.494 e. The summed E-state index contributed by atoms with van der Waals surface area (Å²) in [5.74, 6) is 3.11. The van der Waals surface area contributed by atoms with Gasteiger partial charge in [-0.25, -0.2) is 4.98 Å². The zero-order chi connectivity index (χ0) is 31.5. The summed E-state index contributed by atoms with van der Waals surface area (Å²) in [4.78, 5) is 4.72. The van der Waals surface area contributed by atoms with Gasteiger partial charge >= 0.3 is 0 Å². The van der Waals surface area contributed by atoms with E-state index in [1.807, 2.05) is 42.5 Å². The van der Waals surface area contributed by atoms with E-state index in [0.29, 0.717) is 36.3 Å². The van der Waals surface area contributed by atoms with Crippen LogP contribution in [0.1, 0.15) is 38.5 Å². The Morgan fingerprint density at radius 3 is 2.14 bits per heavy atom. The van der Waals surface area contributed by atoms with Crippen LogP contribution in [0.2, 0.25) is 0 Å². The number of aromatic nitrogens is 1. The number of aliphatic hydroxyl groups excluding tert-OH is 4. The number of methoxy groups -OCH3 is 3. The maximum absolute atomic E-state index is 10.2. The monoisotopic (exact) mass is 616 g/mol. The van der Waals surface area contributed by atoms with Gasteiger partial charge in [-0.2, -0.15) is 0 Å². The molecular weight excluding hydrogens is 572 g/mol. The third-order valence-corrected chi connectivity index (χ3v) is 7.56. The Bertz CT molecular complexity index is 1300. The first-order chi connectivity index (χ1) is 21.4. The van der Waals surface area contributed by atoms with Crippen molar-refractivity contribution in [3.8, 4) is 23.0 Å². The Hall–Kier alpha value is -3.39. The van der Waals surface area contributed by atoms with E-state index in [4.69, 9.17) is 33.4 Å². The molecule has 3 aromatic rings. The summed E-state index contributed by atoms with van der Waals surface area (Å²) >= 11 is 0. The molecule has 1 unspecified atom stereocenters. The van der Waals surface area contributed by atoms with Crippen molar-refractivity contribution in [1.29, 1.82) is 0 Å². The van der Waals surface area contributed by atoms with Crippen molar-refractivity contribution in [1.82, 2.24) is 4.98 Å². The van der Waals surface area contributed by atoms with E-state index >= 15 is 0 Å². The maximum Gasteiger partial charge on any atom is 0.203 e. The first-order valence-corrected chi connectivity index (χ1v) is 14.9. The standard InChI is InChI=1S/C32H44N2O10/c1-39-24-17-21(18-25(40-2)30(24)41-3)33-27-13-10-20-16-22(11-12-23(20)34-27)42-14-8-6-4-5-7-9-15-43-31-28(36)26(19-35)44-32(38)29(31)37/h10-13,16-18,26,28-29,31-32,35-38H,4-9,14-15,19H2,1-3H3,(H,33,34)/t26-,28-,29-,31+,32?/m1/s1. The number of fused-ring (bicyclic) bond motifs is 1. The average molecular weight is 617 g/mol. The molecule has 2 aromatic carbocycles. The minimum absolute atomic E-state index is 0.339. The van der Waals surface area contributed by atoms with E-state index in [2.05, 4.69) is 5.32 Å². The van der Waals surface area contributed by atoms with Gasteiger partial charge in [-0.3, -0.25) is 0 Å². The quantitative estimate of drug-likeness (QED) is 0.141. The topological polar surface area (TPSA) is 161 Å². The number of unbranched alkanes of at least 4 members (excludes halogenated alkanes) is 5. The predicted molar refractivity (Wildman–Crippen MR) is 164 cm³/mol. The second kappa shape index (κ2) is 16.6. The SMILES string of the molecule is COc1cc(Nc2ccc3cc(OCCCCCCCCO[C@H]4[C@H](O)[C@@H](CO)OC(O)[C@@H]4O)ccc3n2)cc(OC)c1OC. The maximum atomic E-state index is 10.2. The molecule has 0 amide bonds. The van der Waals surface area contributed by atoms with Gasteiger partial charge in [0.05, 0.1) is 40.1 Å². The van der Waals surface area contributed by atoms with E-state index in [-0.39, 0.29) is 0 Å². The van der Waals surface area contributed by atoms with E-state index < -0.39 is 37.3 Å². The molecule has 0 saturated carbocycles. The van der Waals surface area contributed by atoms with Crippen LogP contribution >= 0.6 is 0 Å². The van der Waals surface area contributed by atoms with Crippen molar-refractivity contribution in [2.75, 3.05) is 46.5 Å². The highest BCUT2D eigenvalue weighted by Crippen LogP contribution is 2.40. The summed E-state index contributed by atoms with van der Waals surface area (Å²) in [6, 6.07) is 13.4. The second-order valence-corrected chi connectivity index (χ2v) is 10.6. The normalized spacial score (nSPS) is 21.7. The molecule has 1 aliphatic heterocycles. The first kappa shape index (κ1) is 33.5. The van der Waals surface area contributed by atoms with Crippen LogP contribution in [-0.2, 0) is 9.47 Å². The minimum Gasteiger partial charge on any atom is -0.494 e. The van der Waals surface area contributed by atoms with Crippen molar-refractivity contribution < 1.29 is 48.8 Å². The van der Waals surface area contributed by atoms with Gasteiger partial charge in [-0.1, -0.05) is 25.7 Å². The van der Waals surface area contributed by atoms with Crippen molar-refractivity contribution in [2.24, 2.45) is 0 Å². The van der Waals surface area contributed by atoms with E-state index in [0.717, 1.165) is 60.9 Å². The van der Waals surface area contributed by atoms with Gasteiger partial charge in [0.2, 0.25) is 5.75 Å². The highest BCUT2D eigenvalue weighted by atomic mass is 16.6. The van der Waals surface area contributed by atoms with Crippen molar-refractivity contribution in [3.05, 3.63) is 42.5 Å². The van der Waals surface area contributed by atoms with Gasteiger partial charge < -0.3 is 54.2 Å². The summed E-state index contributed by atoms with van der Waals surface area (Å²) in [6.07, 6.45) is -0.277. The van der Waals surface area contributed by atoms with Gasteiger partial charge in [0.1, 0.15) is 36.0 Å². The first-order valence-electron chi connectivity index (χ1n) is 14.9. The van der Waals surface area contributed by atoms with Crippen LogP contribution in [0.3, 0.4) is 0 Å². The molecule has 0 spiro atoms. The zero-order valence-electron chi connectivity index (χ0n) is 25.5. The van der Waals surface area contributed by atoms with E-state index in [1.165, 1.54) is 0 Å². The lowest BCUT2D eigenvalue weighted by Crippen LogP contribution is -2.59. The Labute approximate surface area is 257 Å². The number of nitrogens with zero attached hydrogens (tertiary/aromatic N) is 1. The molecule has 12 heteroatoms. The van der Waals surface area contributed by atoms with Crippen LogP contribution in [-0.4, -0.2) is 97.3 Å². The van der Waals surface area contributed by atoms with Crippen LogP contribution in [0.4, 0.5) is 11.5 Å². The van der Waals surface area contributed by atoms with Gasteiger partial charge in [0.15, 0.2) is 17.8 Å². The number of ether oxygens (including phenoxy) is 6. The molecule has 0 radical (unpaired) electrons. The molecule has 44 heavy (non-hydrogen) atoms. The molecule has 0 aliphatic carbocycles. The third kappa shape index (κ3) is 8.62. The lowest BCUT2D eigenvalue weighted by atomic mass is 9.99. The summed E-state index contributed by atoms with van der Waals surface area (Å²) in [5, 5.41) is 43.4. The van der Waals surface area contributed by atoms with Crippen LogP contribution in [0.25, 0.3) is 10.9 Å². The van der Waals surface area contributed by atoms with Gasteiger partial charge in [0, 0.05) is 29.8 Å². The molecule has 1 fully saturated rings. The number of hydrogen-bond acceptors (Lipinski definition) is 12. The minimum atomic E-state index is -1.49. The fraction of sp³-hybridized carbons (Fsp3) is 0.531. The highest BCUT2D eigenvalue weighted by molar-refractivity contribution is 5.82. The molecule has 2 heterocycles. The Balaban J connectivity index is 1.14. The zero-order valence-corrected chi connectivity index (χ0v) is 25.5. The molecule has 1 aliphatic rings. The highest BCUT2D eigenvalue weighted by Gasteiger charge is 2.44. The van der Waals surface area contributed by atoms with Crippen LogP contribution in [0, 0.1) is 0 Å². The number of aliphatic hydroxyl groups is 4. The van der Waals surface area contributed by atoms with Crippen LogP contribution in [0.5, 0.6) is 23.0 Å². The summed E-state index contributed by atoms with van der Waals surface area (Å²) < 4.78 is 32.8. The summed E-state index contributed by atoms with van der Waals surface area (Å²) in [6.45, 7) is 0.493. The number of benzene rings is 2. The number of nitrogens with one attached hydrogen (secondary N) is 1. The third-order valence-electron chi connectivity index (χ3n) is 7.56. The molecule has 242 valence electrons.